The Morgan fingerprint density at radius 1 is 1.18 bits per heavy atom. The molecule has 0 radical (unpaired) electrons. The van der Waals surface area contributed by atoms with Crippen molar-refractivity contribution in [2.75, 3.05) is 6.61 Å². The maximum atomic E-state index is 11.9. The molecule has 1 rings (SSSR count). The molecule has 1 aromatic carbocycles. The minimum absolute atomic E-state index is 0.268. The summed E-state index contributed by atoms with van der Waals surface area (Å²) in [7, 11) is -9.53. The van der Waals surface area contributed by atoms with Crippen LogP contribution in [0.25, 0.3) is 0 Å². The van der Waals surface area contributed by atoms with E-state index in [9.17, 15) is 22.0 Å². The topological polar surface area (TPSA) is 155 Å². The Morgan fingerprint density at radius 2 is 1.73 bits per heavy atom. The Morgan fingerprint density at radius 3 is 2.14 bits per heavy atom. The lowest BCUT2D eigenvalue weighted by Crippen LogP contribution is -2.37. The average molecular weight is 353 g/mol. The van der Waals surface area contributed by atoms with Crippen molar-refractivity contribution < 1.29 is 35.8 Å². The van der Waals surface area contributed by atoms with Gasteiger partial charge in [-0.05, 0) is 18.2 Å². The van der Waals surface area contributed by atoms with Gasteiger partial charge in [-0.3, -0.25) is 9.11 Å². The van der Waals surface area contributed by atoms with Crippen LogP contribution in [-0.4, -0.2) is 54.1 Å². The number of aliphatic hydroxyl groups excluding tert-OH is 1. The van der Waals surface area contributed by atoms with E-state index in [1.54, 1.807) is 0 Å². The number of aliphatic hydroxyl groups is 1. The summed E-state index contributed by atoms with van der Waals surface area (Å²) in [5, 5.41) is 21.0. The third-order valence-electron chi connectivity index (χ3n) is 2.80. The molecule has 0 unspecified atom stereocenters. The summed E-state index contributed by atoms with van der Waals surface area (Å²) in [6, 6.07) is 2.33. The molecule has 0 heterocycles. The lowest BCUT2D eigenvalue weighted by molar-refractivity contribution is -0.539. The quantitative estimate of drug-likeness (QED) is 0.217. The van der Waals surface area contributed by atoms with E-state index in [-0.39, 0.29) is 10.3 Å². The first-order chi connectivity index (χ1) is 9.79. The summed E-state index contributed by atoms with van der Waals surface area (Å²) in [6.07, 6.45) is 0.785. The molecule has 0 atom stereocenters. The normalized spacial score (nSPS) is 14.1. The Balaban J connectivity index is 3.61. The number of benzene rings is 1. The predicted molar refractivity (Wildman–Crippen MR) is 76.0 cm³/mol. The average Bonchev–Trinajstić information content (AvgIpc) is 2.36. The molecule has 0 aliphatic heterocycles. The molecule has 3 N–H and O–H groups in total. The molecule has 0 saturated carbocycles. The molecular weight excluding hydrogens is 338 g/mol. The highest BCUT2D eigenvalue weighted by atomic mass is 32.2. The summed E-state index contributed by atoms with van der Waals surface area (Å²) in [5.41, 5.74) is -1.57. The van der Waals surface area contributed by atoms with Gasteiger partial charge in [-0.15, -0.1) is 0 Å². The molecule has 0 aliphatic carbocycles. The van der Waals surface area contributed by atoms with Gasteiger partial charge in [0, 0.05) is 13.8 Å². The van der Waals surface area contributed by atoms with Gasteiger partial charge in [0.1, 0.15) is 11.5 Å². The summed E-state index contributed by atoms with van der Waals surface area (Å²) < 4.78 is 63.0. The van der Waals surface area contributed by atoms with Crippen molar-refractivity contribution in [1.29, 1.82) is 0 Å². The van der Waals surface area contributed by atoms with Crippen molar-refractivity contribution in [3.8, 4) is 0 Å². The molecule has 0 amide bonds. The van der Waals surface area contributed by atoms with Crippen molar-refractivity contribution in [1.82, 2.24) is 0 Å². The van der Waals surface area contributed by atoms with Gasteiger partial charge in [-0.1, -0.05) is 0 Å². The molecule has 0 aliphatic rings. The second-order valence-electron chi connectivity index (χ2n) is 5.08. The number of hydroxylamine groups is 1. The van der Waals surface area contributed by atoms with Gasteiger partial charge >= 0.3 is 0 Å². The van der Waals surface area contributed by atoms with E-state index >= 15 is 0 Å². The van der Waals surface area contributed by atoms with Gasteiger partial charge < -0.3 is 10.3 Å². The van der Waals surface area contributed by atoms with Gasteiger partial charge in [0.2, 0.25) is 0 Å². The molecule has 124 valence electrons. The maximum Gasteiger partial charge on any atom is 0.295 e. The standard InChI is InChI=1S/C11H15NO8S2/c1-11(2,7-13)12(14)6-8-3-4-9(21(15,16)17)5-10(8)22(18,19)20/h3-6,13H,7H2,1-2H3,(H,15,16,17)(H,18,19,20)/b12-6-. The first-order valence-corrected chi connectivity index (χ1v) is 8.68. The highest BCUT2D eigenvalue weighted by Gasteiger charge is 2.27. The molecule has 0 bridgehead atoms. The van der Waals surface area contributed by atoms with Gasteiger partial charge in [-0.25, -0.2) is 4.74 Å². The second-order valence-corrected chi connectivity index (χ2v) is 7.89. The Bertz CT molecular complexity index is 808. The number of rotatable bonds is 5. The first kappa shape index (κ1) is 18.5. The van der Waals surface area contributed by atoms with E-state index in [4.69, 9.17) is 14.2 Å². The zero-order valence-electron chi connectivity index (χ0n) is 11.7. The van der Waals surface area contributed by atoms with Crippen LogP contribution in [0.1, 0.15) is 19.4 Å². The first-order valence-electron chi connectivity index (χ1n) is 5.80. The number of hydrogen-bond acceptors (Lipinski definition) is 6. The molecule has 11 heteroatoms. The van der Waals surface area contributed by atoms with E-state index in [0.29, 0.717) is 6.07 Å². The van der Waals surface area contributed by atoms with Crippen molar-refractivity contribution in [3.63, 3.8) is 0 Å². The third-order valence-corrected chi connectivity index (χ3v) is 4.56. The number of hydrogen-bond donors (Lipinski definition) is 3. The second kappa shape index (κ2) is 5.93. The van der Waals surface area contributed by atoms with Crippen LogP contribution in [0, 0.1) is 5.21 Å². The summed E-state index contributed by atoms with van der Waals surface area (Å²) in [5.74, 6) is 0. The highest BCUT2D eigenvalue weighted by molar-refractivity contribution is 7.86. The Hall–Kier alpha value is -1.53. The minimum Gasteiger partial charge on any atom is -0.623 e. The fraction of sp³-hybridized carbons (Fsp3) is 0.364. The largest absolute Gasteiger partial charge is 0.623 e. The van der Waals surface area contributed by atoms with Crippen LogP contribution in [0.15, 0.2) is 28.0 Å². The molecule has 22 heavy (non-hydrogen) atoms. The smallest absolute Gasteiger partial charge is 0.295 e. The zero-order valence-corrected chi connectivity index (χ0v) is 13.3. The SMILES string of the molecule is CC(C)(CO)/[N+]([O-])=C/c1ccc(S(=O)(=O)O)cc1S(=O)(=O)O. The fourth-order valence-corrected chi connectivity index (χ4v) is 2.65. The Kier molecular flexibility index (Phi) is 4.99. The Labute approximate surface area is 127 Å². The molecular formula is C11H15NO8S2. The molecule has 0 aromatic heterocycles. The molecule has 9 nitrogen and oxygen atoms in total. The van der Waals surface area contributed by atoms with Crippen LogP contribution in [0.4, 0.5) is 0 Å². The molecule has 1 aromatic rings. The molecule has 0 saturated heterocycles. The summed E-state index contributed by atoms with van der Waals surface area (Å²) in [6.45, 7) is 2.24. The zero-order chi connectivity index (χ0) is 17.3. The van der Waals surface area contributed by atoms with Crippen LogP contribution in [0.3, 0.4) is 0 Å². The van der Waals surface area contributed by atoms with Crippen molar-refractivity contribution >= 4 is 26.5 Å². The summed E-state index contributed by atoms with van der Waals surface area (Å²) >= 11 is 0. The van der Waals surface area contributed by atoms with E-state index in [2.05, 4.69) is 0 Å². The predicted octanol–water partition coefficient (Wildman–Crippen LogP) is -0.120. The van der Waals surface area contributed by atoms with Crippen LogP contribution in [-0.2, 0) is 20.2 Å². The van der Waals surface area contributed by atoms with Crippen LogP contribution in [0.2, 0.25) is 0 Å². The molecule has 0 spiro atoms. The van der Waals surface area contributed by atoms with E-state index in [0.717, 1.165) is 18.3 Å². The minimum atomic E-state index is -4.85. The van der Waals surface area contributed by atoms with E-state index in [1.807, 2.05) is 0 Å². The van der Waals surface area contributed by atoms with Crippen molar-refractivity contribution in [2.45, 2.75) is 29.2 Å². The monoisotopic (exact) mass is 353 g/mol. The van der Waals surface area contributed by atoms with Gasteiger partial charge in [0.25, 0.3) is 20.2 Å². The highest BCUT2D eigenvalue weighted by Crippen LogP contribution is 2.20. The van der Waals surface area contributed by atoms with Gasteiger partial charge in [0.05, 0.1) is 10.5 Å². The van der Waals surface area contributed by atoms with E-state index in [1.165, 1.54) is 13.8 Å². The van der Waals surface area contributed by atoms with Crippen LogP contribution in [0.5, 0.6) is 0 Å². The maximum absolute atomic E-state index is 11.9. The molecule has 0 fully saturated rings. The van der Waals surface area contributed by atoms with Crippen molar-refractivity contribution in [2.24, 2.45) is 0 Å². The lowest BCUT2D eigenvalue weighted by Gasteiger charge is -2.21. The van der Waals surface area contributed by atoms with Gasteiger partial charge in [-0.2, -0.15) is 16.8 Å². The summed E-state index contributed by atoms with van der Waals surface area (Å²) in [4.78, 5) is -1.62. The van der Waals surface area contributed by atoms with Crippen LogP contribution >= 0.6 is 0 Å². The number of nitrogens with zero attached hydrogens (tertiary/aromatic N) is 1. The van der Waals surface area contributed by atoms with Crippen molar-refractivity contribution in [3.05, 3.63) is 29.0 Å². The fourth-order valence-electron chi connectivity index (χ4n) is 1.38. The third kappa shape index (κ3) is 4.24. The van der Waals surface area contributed by atoms with Crippen LogP contribution < -0.4 is 0 Å². The lowest BCUT2D eigenvalue weighted by atomic mass is 10.1. The van der Waals surface area contributed by atoms with Gasteiger partial charge in [0.15, 0.2) is 11.8 Å². The van der Waals surface area contributed by atoms with E-state index < -0.39 is 42.2 Å².